The van der Waals surface area contributed by atoms with Crippen molar-refractivity contribution in [3.8, 4) is 0 Å². The molecular formula is C14H23FN2O. The molecule has 1 aromatic rings. The Hall–Kier alpha value is -0.970. The van der Waals surface area contributed by atoms with E-state index in [2.05, 4.69) is 4.90 Å². The van der Waals surface area contributed by atoms with Gasteiger partial charge in [-0.2, -0.15) is 0 Å². The van der Waals surface area contributed by atoms with E-state index in [1.807, 2.05) is 14.0 Å². The van der Waals surface area contributed by atoms with Gasteiger partial charge in [-0.15, -0.1) is 0 Å². The number of halogens is 1. The van der Waals surface area contributed by atoms with E-state index < -0.39 is 0 Å². The molecular weight excluding hydrogens is 231 g/mol. The van der Waals surface area contributed by atoms with Gasteiger partial charge in [0.2, 0.25) is 0 Å². The van der Waals surface area contributed by atoms with Crippen molar-refractivity contribution in [3.63, 3.8) is 0 Å². The van der Waals surface area contributed by atoms with E-state index in [1.54, 1.807) is 19.1 Å². The summed E-state index contributed by atoms with van der Waals surface area (Å²) >= 11 is 0. The van der Waals surface area contributed by atoms with E-state index in [9.17, 15) is 9.50 Å². The number of nitrogens with two attached hydrogens (primary N) is 1. The zero-order chi connectivity index (χ0) is 13.7. The van der Waals surface area contributed by atoms with Crippen LogP contribution in [0.4, 0.5) is 4.39 Å². The van der Waals surface area contributed by atoms with Crippen LogP contribution in [0.15, 0.2) is 24.3 Å². The van der Waals surface area contributed by atoms with Crippen molar-refractivity contribution in [3.05, 3.63) is 35.6 Å². The van der Waals surface area contributed by atoms with Gasteiger partial charge in [0.05, 0.1) is 6.10 Å². The van der Waals surface area contributed by atoms with E-state index in [0.29, 0.717) is 6.42 Å². The molecule has 4 heteroatoms. The topological polar surface area (TPSA) is 49.5 Å². The van der Waals surface area contributed by atoms with Crippen LogP contribution < -0.4 is 5.73 Å². The quantitative estimate of drug-likeness (QED) is 0.815. The summed E-state index contributed by atoms with van der Waals surface area (Å²) in [4.78, 5) is 2.10. The Morgan fingerprint density at radius 1 is 1.28 bits per heavy atom. The number of hydrogen-bond acceptors (Lipinski definition) is 3. The molecule has 102 valence electrons. The minimum Gasteiger partial charge on any atom is -0.393 e. The largest absolute Gasteiger partial charge is 0.393 e. The molecule has 0 fully saturated rings. The zero-order valence-electron chi connectivity index (χ0n) is 11.3. The van der Waals surface area contributed by atoms with Crippen LogP contribution in [0.5, 0.6) is 0 Å². The van der Waals surface area contributed by atoms with Crippen LogP contribution in [0.2, 0.25) is 0 Å². The lowest BCUT2D eigenvalue weighted by atomic mass is 9.99. The fourth-order valence-corrected chi connectivity index (χ4v) is 2.15. The van der Waals surface area contributed by atoms with Crippen molar-refractivity contribution in [1.29, 1.82) is 0 Å². The second-order valence-electron chi connectivity index (χ2n) is 4.97. The summed E-state index contributed by atoms with van der Waals surface area (Å²) in [5, 5.41) is 9.32. The van der Waals surface area contributed by atoms with Gasteiger partial charge in [-0.1, -0.05) is 12.1 Å². The second-order valence-corrected chi connectivity index (χ2v) is 4.97. The number of likely N-dealkylation sites (N-methyl/N-ethyl adjacent to an activating group) is 1. The minimum atomic E-state index is -0.325. The molecule has 3 N–H and O–H groups in total. The summed E-state index contributed by atoms with van der Waals surface area (Å²) in [6.45, 7) is 4.46. The molecule has 0 heterocycles. The molecule has 3 atom stereocenters. The summed E-state index contributed by atoms with van der Waals surface area (Å²) in [6, 6.07) is 6.41. The van der Waals surface area contributed by atoms with Crippen LogP contribution in [0.1, 0.15) is 31.9 Å². The summed E-state index contributed by atoms with van der Waals surface area (Å²) in [5.41, 5.74) is 7.02. The predicted octanol–water partition coefficient (Wildman–Crippen LogP) is 1.92. The third kappa shape index (κ3) is 4.37. The van der Waals surface area contributed by atoms with Crippen LogP contribution in [0.3, 0.4) is 0 Å². The molecule has 3 unspecified atom stereocenters. The van der Waals surface area contributed by atoms with Gasteiger partial charge in [-0.05, 0) is 45.0 Å². The van der Waals surface area contributed by atoms with Crippen LogP contribution >= 0.6 is 0 Å². The first kappa shape index (κ1) is 15.1. The molecule has 18 heavy (non-hydrogen) atoms. The molecule has 0 saturated carbocycles. The number of hydrogen-bond donors (Lipinski definition) is 2. The SMILES string of the molecule is CC(O)CCN(C)C(c1ccc(F)cc1)C(C)N. The van der Waals surface area contributed by atoms with Crippen LogP contribution in [0.25, 0.3) is 0 Å². The fraction of sp³-hybridized carbons (Fsp3) is 0.571. The van der Waals surface area contributed by atoms with Crippen molar-refractivity contribution >= 4 is 0 Å². The highest BCUT2D eigenvalue weighted by Gasteiger charge is 2.21. The van der Waals surface area contributed by atoms with Gasteiger partial charge in [0.1, 0.15) is 5.82 Å². The fourth-order valence-electron chi connectivity index (χ4n) is 2.15. The average Bonchev–Trinajstić information content (AvgIpc) is 2.29. The molecule has 0 spiro atoms. The average molecular weight is 254 g/mol. The highest BCUT2D eigenvalue weighted by atomic mass is 19.1. The maximum Gasteiger partial charge on any atom is 0.123 e. The molecule has 3 nitrogen and oxygen atoms in total. The standard InChI is InChI=1S/C14H23FN2O/c1-10(18)8-9-17(3)14(11(2)16)12-4-6-13(15)7-5-12/h4-7,10-11,14,18H,8-9,16H2,1-3H3. The first-order valence-corrected chi connectivity index (χ1v) is 6.31. The summed E-state index contributed by atoms with van der Waals surface area (Å²) in [6.07, 6.45) is 0.371. The predicted molar refractivity (Wildman–Crippen MR) is 71.7 cm³/mol. The zero-order valence-corrected chi connectivity index (χ0v) is 11.3. The summed E-state index contributed by atoms with van der Waals surface area (Å²) in [7, 11) is 1.97. The van der Waals surface area contributed by atoms with Crippen molar-refractivity contribution < 1.29 is 9.50 Å². The molecule has 1 aromatic carbocycles. The number of aliphatic hydroxyl groups is 1. The summed E-state index contributed by atoms with van der Waals surface area (Å²) in [5.74, 6) is -0.242. The van der Waals surface area contributed by atoms with Gasteiger partial charge < -0.3 is 10.8 Å². The molecule has 0 saturated heterocycles. The Labute approximate surface area is 108 Å². The van der Waals surface area contributed by atoms with E-state index in [4.69, 9.17) is 5.73 Å². The van der Waals surface area contributed by atoms with E-state index in [-0.39, 0.29) is 24.0 Å². The Morgan fingerprint density at radius 3 is 2.28 bits per heavy atom. The van der Waals surface area contributed by atoms with Crippen LogP contribution in [0, 0.1) is 5.82 Å². The third-order valence-corrected chi connectivity index (χ3v) is 3.08. The van der Waals surface area contributed by atoms with E-state index >= 15 is 0 Å². The third-order valence-electron chi connectivity index (χ3n) is 3.08. The van der Waals surface area contributed by atoms with E-state index in [1.165, 1.54) is 12.1 Å². The summed E-state index contributed by atoms with van der Waals surface area (Å²) < 4.78 is 12.9. The lowest BCUT2D eigenvalue weighted by molar-refractivity contribution is 0.143. The lowest BCUT2D eigenvalue weighted by Crippen LogP contribution is -2.38. The van der Waals surface area contributed by atoms with Crippen molar-refractivity contribution in [2.24, 2.45) is 5.73 Å². The molecule has 0 aliphatic heterocycles. The van der Waals surface area contributed by atoms with Crippen molar-refractivity contribution in [1.82, 2.24) is 4.90 Å². The molecule has 0 aromatic heterocycles. The number of aliphatic hydroxyl groups excluding tert-OH is 1. The first-order chi connectivity index (χ1) is 8.41. The van der Waals surface area contributed by atoms with Gasteiger partial charge in [0.25, 0.3) is 0 Å². The normalized spacial score (nSPS) is 16.6. The lowest BCUT2D eigenvalue weighted by Gasteiger charge is -2.31. The van der Waals surface area contributed by atoms with Gasteiger partial charge in [0.15, 0.2) is 0 Å². The highest BCUT2D eigenvalue weighted by molar-refractivity contribution is 5.21. The molecule has 0 aliphatic carbocycles. The van der Waals surface area contributed by atoms with Crippen LogP contribution in [-0.2, 0) is 0 Å². The van der Waals surface area contributed by atoms with Gasteiger partial charge in [-0.25, -0.2) is 4.39 Å². The Kier molecular flexibility index (Phi) is 5.72. The van der Waals surface area contributed by atoms with Gasteiger partial charge >= 0.3 is 0 Å². The van der Waals surface area contributed by atoms with Crippen LogP contribution in [-0.4, -0.2) is 35.7 Å². The second kappa shape index (κ2) is 6.83. The minimum absolute atomic E-state index is 0.0318. The highest BCUT2D eigenvalue weighted by Crippen LogP contribution is 2.22. The number of rotatable bonds is 6. The van der Waals surface area contributed by atoms with E-state index in [0.717, 1.165) is 12.1 Å². The maximum atomic E-state index is 12.9. The molecule has 0 radical (unpaired) electrons. The van der Waals surface area contributed by atoms with Crippen molar-refractivity contribution in [2.45, 2.75) is 38.5 Å². The smallest absolute Gasteiger partial charge is 0.123 e. The molecule has 0 aliphatic rings. The molecule has 1 rings (SSSR count). The molecule has 0 amide bonds. The van der Waals surface area contributed by atoms with Gasteiger partial charge in [0, 0.05) is 18.6 Å². The maximum absolute atomic E-state index is 12.9. The number of benzene rings is 1. The molecule has 0 bridgehead atoms. The number of nitrogens with zero attached hydrogens (tertiary/aromatic N) is 1. The Balaban J connectivity index is 2.78. The first-order valence-electron chi connectivity index (χ1n) is 6.31. The van der Waals surface area contributed by atoms with Gasteiger partial charge in [-0.3, -0.25) is 4.90 Å². The van der Waals surface area contributed by atoms with Crippen molar-refractivity contribution in [2.75, 3.05) is 13.6 Å². The Morgan fingerprint density at radius 2 is 1.83 bits per heavy atom. The monoisotopic (exact) mass is 254 g/mol. The Bertz CT molecular complexity index is 351.